The average Bonchev–Trinajstić information content (AvgIpc) is 2.69. The van der Waals surface area contributed by atoms with Crippen LogP contribution >= 0.6 is 0 Å². The van der Waals surface area contributed by atoms with Crippen LogP contribution in [0.15, 0.2) is 53.3 Å². The molecule has 0 fully saturated rings. The number of esters is 1. The van der Waals surface area contributed by atoms with Gasteiger partial charge in [0, 0.05) is 6.07 Å². The molecular weight excluding hydrogens is 360 g/mol. The molecule has 3 rings (SSSR count). The first kappa shape index (κ1) is 19.3. The highest BCUT2D eigenvalue weighted by Gasteiger charge is 2.21. The molecule has 0 aliphatic heterocycles. The summed E-state index contributed by atoms with van der Waals surface area (Å²) < 4.78 is 6.07. The van der Waals surface area contributed by atoms with E-state index in [1.165, 1.54) is 35.4 Å². The third kappa shape index (κ3) is 3.51. The van der Waals surface area contributed by atoms with Gasteiger partial charge in [-0.05, 0) is 29.2 Å². The molecule has 0 atom stereocenters. The Hall–Kier alpha value is -3.48. The van der Waals surface area contributed by atoms with Crippen molar-refractivity contribution < 1.29 is 14.5 Å². The average molecular weight is 380 g/mol. The first-order chi connectivity index (χ1) is 13.3. The maximum atomic E-state index is 12.9. The van der Waals surface area contributed by atoms with Crippen LogP contribution in [-0.4, -0.2) is 22.6 Å². The van der Waals surface area contributed by atoms with E-state index in [1.54, 1.807) is 6.07 Å². The molecule has 7 nitrogen and oxygen atoms in total. The Balaban J connectivity index is 2.23. The van der Waals surface area contributed by atoms with Crippen molar-refractivity contribution in [2.24, 2.45) is 0 Å². The van der Waals surface area contributed by atoms with E-state index in [1.807, 2.05) is 24.3 Å². The number of hydrogen-bond acceptors (Lipinski definition) is 5. The molecule has 0 radical (unpaired) electrons. The van der Waals surface area contributed by atoms with Gasteiger partial charge in [-0.15, -0.1) is 0 Å². The molecule has 144 valence electrons. The summed E-state index contributed by atoms with van der Waals surface area (Å²) in [5, 5.41) is 11.6. The van der Waals surface area contributed by atoms with Gasteiger partial charge in [0.25, 0.3) is 11.2 Å². The molecule has 1 aromatic heterocycles. The van der Waals surface area contributed by atoms with Gasteiger partial charge in [-0.2, -0.15) is 0 Å². The summed E-state index contributed by atoms with van der Waals surface area (Å²) in [4.78, 5) is 35.9. The maximum Gasteiger partial charge on any atom is 0.343 e. The van der Waals surface area contributed by atoms with Crippen molar-refractivity contribution in [2.45, 2.75) is 26.3 Å². The van der Waals surface area contributed by atoms with Crippen molar-refractivity contribution in [1.82, 2.24) is 4.57 Å². The molecule has 1 heterocycles. The van der Waals surface area contributed by atoms with Crippen LogP contribution in [-0.2, 0) is 11.3 Å². The number of aromatic nitrogens is 1. The normalized spacial score (nSPS) is 11.0. The topological polar surface area (TPSA) is 91.4 Å². The number of benzene rings is 2. The molecule has 0 bridgehead atoms. The Kier molecular flexibility index (Phi) is 5.26. The molecule has 0 N–H and O–H groups in total. The van der Waals surface area contributed by atoms with E-state index in [0.717, 1.165) is 5.56 Å². The number of ether oxygens (including phenoxy) is 1. The van der Waals surface area contributed by atoms with Crippen molar-refractivity contribution in [1.29, 1.82) is 0 Å². The van der Waals surface area contributed by atoms with Crippen LogP contribution in [0.5, 0.6) is 0 Å². The van der Waals surface area contributed by atoms with E-state index in [0.29, 0.717) is 11.4 Å². The highest BCUT2D eigenvalue weighted by atomic mass is 16.6. The molecule has 2 aromatic carbocycles. The molecule has 28 heavy (non-hydrogen) atoms. The zero-order valence-corrected chi connectivity index (χ0v) is 15.8. The largest absolute Gasteiger partial charge is 0.465 e. The molecule has 0 amide bonds. The predicted octanol–water partition coefficient (Wildman–Crippen LogP) is 3.87. The summed E-state index contributed by atoms with van der Waals surface area (Å²) in [5.74, 6) is -0.447. The molecular formula is C21H20N2O5. The number of carbonyl (C=O) groups is 1. The fourth-order valence-corrected chi connectivity index (χ4v) is 3.15. The molecule has 0 saturated carbocycles. The highest BCUT2D eigenvalue weighted by Crippen LogP contribution is 2.26. The van der Waals surface area contributed by atoms with Crippen LogP contribution in [0.2, 0.25) is 0 Å². The van der Waals surface area contributed by atoms with E-state index in [9.17, 15) is 19.7 Å². The molecule has 0 aliphatic carbocycles. The van der Waals surface area contributed by atoms with E-state index in [2.05, 4.69) is 13.8 Å². The molecule has 0 aliphatic rings. The summed E-state index contributed by atoms with van der Waals surface area (Å²) in [6.45, 7) is 4.36. The molecule has 7 heteroatoms. The van der Waals surface area contributed by atoms with Crippen LogP contribution in [0.4, 0.5) is 5.69 Å². The third-order valence-corrected chi connectivity index (χ3v) is 4.70. The fourth-order valence-electron chi connectivity index (χ4n) is 3.15. The third-order valence-electron chi connectivity index (χ3n) is 4.70. The highest BCUT2D eigenvalue weighted by molar-refractivity contribution is 5.96. The zero-order chi connectivity index (χ0) is 20.4. The SMILES string of the molecule is COC(=O)c1cc2c([N+](=O)[O-])cccc2n(Cc2ccc(C(C)C)cc2)c1=O. The second kappa shape index (κ2) is 7.64. The van der Waals surface area contributed by atoms with E-state index in [-0.39, 0.29) is 23.2 Å². The van der Waals surface area contributed by atoms with Gasteiger partial charge in [0.05, 0.1) is 29.5 Å². The smallest absolute Gasteiger partial charge is 0.343 e. The second-order valence-corrected chi connectivity index (χ2v) is 6.80. The van der Waals surface area contributed by atoms with Gasteiger partial charge in [0.15, 0.2) is 0 Å². The Morgan fingerprint density at radius 1 is 1.18 bits per heavy atom. The number of rotatable bonds is 5. The minimum atomic E-state index is -0.825. The van der Waals surface area contributed by atoms with Gasteiger partial charge in [0.2, 0.25) is 0 Å². The number of nitro groups is 1. The van der Waals surface area contributed by atoms with Gasteiger partial charge in [-0.25, -0.2) is 4.79 Å². The van der Waals surface area contributed by atoms with Gasteiger partial charge in [-0.1, -0.05) is 44.2 Å². The van der Waals surface area contributed by atoms with Crippen LogP contribution in [0.1, 0.15) is 41.3 Å². The number of nitrogens with zero attached hydrogens (tertiary/aromatic N) is 2. The van der Waals surface area contributed by atoms with E-state index in [4.69, 9.17) is 4.74 Å². The lowest BCUT2D eigenvalue weighted by Crippen LogP contribution is -2.28. The zero-order valence-electron chi connectivity index (χ0n) is 15.8. The Labute approximate surface area is 161 Å². The predicted molar refractivity (Wildman–Crippen MR) is 106 cm³/mol. The first-order valence-corrected chi connectivity index (χ1v) is 8.81. The van der Waals surface area contributed by atoms with Crippen LogP contribution in [0.25, 0.3) is 10.9 Å². The summed E-state index contributed by atoms with van der Waals surface area (Å²) >= 11 is 0. The minimum Gasteiger partial charge on any atom is -0.465 e. The number of fused-ring (bicyclic) bond motifs is 1. The second-order valence-electron chi connectivity index (χ2n) is 6.80. The minimum absolute atomic E-state index is 0.174. The number of nitro benzene ring substituents is 1. The number of pyridine rings is 1. The van der Waals surface area contributed by atoms with Gasteiger partial charge in [-0.3, -0.25) is 14.9 Å². The van der Waals surface area contributed by atoms with E-state index >= 15 is 0 Å². The lowest BCUT2D eigenvalue weighted by Gasteiger charge is -2.13. The van der Waals surface area contributed by atoms with Crippen molar-refractivity contribution in [3.8, 4) is 0 Å². The number of hydrogen-bond donors (Lipinski definition) is 0. The van der Waals surface area contributed by atoms with Crippen molar-refractivity contribution in [3.63, 3.8) is 0 Å². The van der Waals surface area contributed by atoms with Crippen LogP contribution in [0.3, 0.4) is 0 Å². The molecule has 0 saturated heterocycles. The Morgan fingerprint density at radius 3 is 2.43 bits per heavy atom. The molecule has 3 aromatic rings. The van der Waals surface area contributed by atoms with Crippen molar-refractivity contribution >= 4 is 22.6 Å². The number of methoxy groups -OCH3 is 1. The number of non-ortho nitro benzene ring substituents is 1. The summed E-state index contributed by atoms with van der Waals surface area (Å²) in [6, 6.07) is 13.5. The van der Waals surface area contributed by atoms with Crippen LogP contribution < -0.4 is 5.56 Å². The number of carbonyl (C=O) groups excluding carboxylic acids is 1. The van der Waals surface area contributed by atoms with Gasteiger partial charge < -0.3 is 9.30 Å². The Bertz CT molecular complexity index is 1110. The van der Waals surface area contributed by atoms with Crippen molar-refractivity contribution in [3.05, 3.63) is 85.7 Å². The van der Waals surface area contributed by atoms with E-state index < -0.39 is 16.5 Å². The Morgan fingerprint density at radius 2 is 1.86 bits per heavy atom. The van der Waals surface area contributed by atoms with Crippen LogP contribution in [0, 0.1) is 10.1 Å². The lowest BCUT2D eigenvalue weighted by molar-refractivity contribution is -0.383. The quantitative estimate of drug-likeness (QED) is 0.381. The van der Waals surface area contributed by atoms with Gasteiger partial charge in [0.1, 0.15) is 5.56 Å². The monoisotopic (exact) mass is 380 g/mol. The molecule has 0 spiro atoms. The maximum absolute atomic E-state index is 12.9. The lowest BCUT2D eigenvalue weighted by atomic mass is 10.0. The molecule has 0 unspecified atom stereocenters. The standard InChI is InChI=1S/C21H20N2O5/c1-13(2)15-9-7-14(8-10-15)12-22-18-5-4-6-19(23(26)27)16(18)11-17(20(22)24)21(25)28-3/h4-11,13H,12H2,1-3H3. The summed E-state index contributed by atoms with van der Waals surface area (Å²) in [5.41, 5.74) is 1.45. The summed E-state index contributed by atoms with van der Waals surface area (Å²) in [7, 11) is 1.17. The summed E-state index contributed by atoms with van der Waals surface area (Å²) in [6.07, 6.45) is 0. The fraction of sp³-hybridized carbons (Fsp3) is 0.238. The first-order valence-electron chi connectivity index (χ1n) is 8.81. The van der Waals surface area contributed by atoms with Crippen molar-refractivity contribution in [2.75, 3.05) is 7.11 Å². The van der Waals surface area contributed by atoms with Gasteiger partial charge >= 0.3 is 5.97 Å².